The molecule has 0 atom stereocenters. The number of ether oxygens (including phenoxy) is 2. The molecule has 2 aromatic rings. The van der Waals surface area contributed by atoms with E-state index in [0.717, 1.165) is 0 Å². The van der Waals surface area contributed by atoms with Crippen LogP contribution in [0.1, 0.15) is 12.5 Å². The van der Waals surface area contributed by atoms with Crippen LogP contribution in [0.15, 0.2) is 52.4 Å². The third-order valence-corrected chi connectivity index (χ3v) is 6.02. The van der Waals surface area contributed by atoms with Crippen LogP contribution >= 0.6 is 0 Å². The topological polar surface area (TPSA) is 88.4 Å². The fourth-order valence-corrected chi connectivity index (χ4v) is 4.28. The maximum atomic E-state index is 13.1. The summed E-state index contributed by atoms with van der Waals surface area (Å²) < 4.78 is 38.3. The van der Waals surface area contributed by atoms with Gasteiger partial charge in [-0.25, -0.2) is 8.42 Å². The number of aromatic hydroxyl groups is 1. The molecule has 0 amide bonds. The van der Waals surface area contributed by atoms with Gasteiger partial charge in [0, 0.05) is 24.9 Å². The Bertz CT molecular complexity index is 921. The Morgan fingerprint density at radius 2 is 1.96 bits per heavy atom. The van der Waals surface area contributed by atoms with Crippen LogP contribution in [0.4, 0.5) is 5.69 Å². The van der Waals surface area contributed by atoms with Crippen molar-refractivity contribution in [3.05, 3.63) is 48.0 Å². The van der Waals surface area contributed by atoms with Crippen LogP contribution in [-0.4, -0.2) is 57.0 Å². The first-order valence-corrected chi connectivity index (χ1v) is 10.1. The summed E-state index contributed by atoms with van der Waals surface area (Å²) in [6.45, 7) is 3.50. The highest BCUT2D eigenvalue weighted by atomic mass is 32.2. The highest BCUT2D eigenvalue weighted by molar-refractivity contribution is 7.89. The van der Waals surface area contributed by atoms with Gasteiger partial charge in [-0.3, -0.25) is 4.99 Å². The Hall–Kier alpha value is -2.42. The summed E-state index contributed by atoms with van der Waals surface area (Å²) in [7, 11) is -3.72. The Morgan fingerprint density at radius 3 is 2.67 bits per heavy atom. The number of benzene rings is 2. The monoisotopic (exact) mass is 390 g/mol. The average Bonchev–Trinajstić information content (AvgIpc) is 2.69. The number of rotatable bonds is 6. The summed E-state index contributed by atoms with van der Waals surface area (Å²) in [5.74, 6) is 0.402. The first kappa shape index (κ1) is 19.3. The zero-order chi connectivity index (χ0) is 19.3. The maximum absolute atomic E-state index is 13.1. The lowest BCUT2D eigenvalue weighted by atomic mass is 10.2. The summed E-state index contributed by atoms with van der Waals surface area (Å²) in [5.41, 5.74) is 0.998. The van der Waals surface area contributed by atoms with Gasteiger partial charge in [0.2, 0.25) is 10.0 Å². The molecule has 0 spiro atoms. The summed E-state index contributed by atoms with van der Waals surface area (Å²) in [4.78, 5) is 4.39. The van der Waals surface area contributed by atoms with E-state index in [1.807, 2.05) is 0 Å². The van der Waals surface area contributed by atoms with Gasteiger partial charge >= 0.3 is 0 Å². The second kappa shape index (κ2) is 8.51. The number of morpholine rings is 1. The van der Waals surface area contributed by atoms with Gasteiger partial charge in [-0.2, -0.15) is 4.31 Å². The average molecular weight is 390 g/mol. The molecule has 0 radical (unpaired) electrons. The molecule has 8 heteroatoms. The van der Waals surface area contributed by atoms with Crippen LogP contribution in [0.3, 0.4) is 0 Å². The van der Waals surface area contributed by atoms with Gasteiger partial charge in [0.15, 0.2) is 0 Å². The lowest BCUT2D eigenvalue weighted by Crippen LogP contribution is -2.40. The number of hydrogen-bond acceptors (Lipinski definition) is 6. The number of phenolic OH excluding ortho intramolecular Hbond substituents is 1. The van der Waals surface area contributed by atoms with E-state index in [2.05, 4.69) is 4.99 Å². The highest BCUT2D eigenvalue weighted by Gasteiger charge is 2.29. The van der Waals surface area contributed by atoms with Crippen molar-refractivity contribution in [3.63, 3.8) is 0 Å². The number of hydrogen-bond donors (Lipinski definition) is 1. The predicted octanol–water partition coefficient (Wildman–Crippen LogP) is 2.56. The molecule has 3 rings (SSSR count). The van der Waals surface area contributed by atoms with Crippen molar-refractivity contribution in [1.29, 1.82) is 0 Å². The lowest BCUT2D eigenvalue weighted by molar-refractivity contribution is 0.0729. The molecule has 7 nitrogen and oxygen atoms in total. The molecular weight excluding hydrogens is 368 g/mol. The fraction of sp³-hybridized carbons (Fsp3) is 0.316. The molecule has 2 aromatic carbocycles. The zero-order valence-electron chi connectivity index (χ0n) is 15.0. The zero-order valence-corrected chi connectivity index (χ0v) is 15.9. The number of aliphatic imine (C=N–C) groups is 1. The smallest absolute Gasteiger partial charge is 0.246 e. The van der Waals surface area contributed by atoms with Crippen molar-refractivity contribution in [3.8, 4) is 11.5 Å². The van der Waals surface area contributed by atoms with Crippen LogP contribution in [0, 0.1) is 0 Å². The standard InChI is InChI=1S/C19H22N2O5S/c1-2-26-18-8-7-16(20-14-15-5-3-4-6-17(15)22)13-19(18)27(23,24)21-9-11-25-12-10-21/h3-8,13-14,22H,2,9-12H2,1H3. The fourth-order valence-electron chi connectivity index (χ4n) is 2.72. The molecule has 144 valence electrons. The van der Waals surface area contributed by atoms with Crippen molar-refractivity contribution < 1.29 is 23.0 Å². The Morgan fingerprint density at radius 1 is 1.22 bits per heavy atom. The highest BCUT2D eigenvalue weighted by Crippen LogP contribution is 2.31. The molecule has 27 heavy (non-hydrogen) atoms. The second-order valence-corrected chi connectivity index (χ2v) is 7.80. The van der Waals surface area contributed by atoms with Gasteiger partial charge in [-0.05, 0) is 37.3 Å². The van der Waals surface area contributed by atoms with Crippen LogP contribution in [0.25, 0.3) is 0 Å². The van der Waals surface area contributed by atoms with E-state index >= 15 is 0 Å². The first-order chi connectivity index (χ1) is 13.0. The quantitative estimate of drug-likeness (QED) is 0.766. The molecule has 0 unspecified atom stereocenters. The number of sulfonamides is 1. The van der Waals surface area contributed by atoms with Crippen LogP contribution in [0.5, 0.6) is 11.5 Å². The minimum atomic E-state index is -3.72. The largest absolute Gasteiger partial charge is 0.507 e. The van der Waals surface area contributed by atoms with Crippen molar-refractivity contribution in [2.24, 2.45) is 4.99 Å². The summed E-state index contributed by atoms with van der Waals surface area (Å²) in [6, 6.07) is 11.6. The van der Waals surface area contributed by atoms with Gasteiger partial charge in [0.05, 0.1) is 25.5 Å². The third-order valence-electron chi connectivity index (χ3n) is 4.10. The Balaban J connectivity index is 1.96. The minimum absolute atomic E-state index is 0.0817. The number of phenols is 1. The molecule has 0 aromatic heterocycles. The van der Waals surface area contributed by atoms with Crippen molar-refractivity contribution in [1.82, 2.24) is 4.31 Å². The van der Waals surface area contributed by atoms with Crippen LogP contribution < -0.4 is 4.74 Å². The summed E-state index contributed by atoms with van der Waals surface area (Å²) in [6.07, 6.45) is 1.50. The van der Waals surface area contributed by atoms with Gasteiger partial charge < -0.3 is 14.6 Å². The van der Waals surface area contributed by atoms with E-state index in [4.69, 9.17) is 9.47 Å². The summed E-state index contributed by atoms with van der Waals surface area (Å²) >= 11 is 0. The molecule has 0 aliphatic carbocycles. The minimum Gasteiger partial charge on any atom is -0.507 e. The number of nitrogens with zero attached hydrogens (tertiary/aromatic N) is 2. The van der Waals surface area contributed by atoms with Gasteiger partial charge in [0.25, 0.3) is 0 Å². The van der Waals surface area contributed by atoms with Gasteiger partial charge in [0.1, 0.15) is 16.4 Å². The van der Waals surface area contributed by atoms with E-state index in [9.17, 15) is 13.5 Å². The van der Waals surface area contributed by atoms with Crippen LogP contribution in [-0.2, 0) is 14.8 Å². The molecule has 1 fully saturated rings. The van der Waals surface area contributed by atoms with Gasteiger partial charge in [-0.15, -0.1) is 0 Å². The van der Waals surface area contributed by atoms with E-state index < -0.39 is 10.0 Å². The molecule has 1 saturated heterocycles. The third kappa shape index (κ3) is 4.47. The second-order valence-electron chi connectivity index (χ2n) is 5.90. The predicted molar refractivity (Wildman–Crippen MR) is 103 cm³/mol. The SMILES string of the molecule is CCOc1ccc(N=Cc2ccccc2O)cc1S(=O)(=O)N1CCOCC1. The molecular formula is C19H22N2O5S. The van der Waals surface area contributed by atoms with E-state index in [0.29, 0.717) is 49.9 Å². The molecule has 0 bridgehead atoms. The molecule has 1 heterocycles. The molecule has 1 aliphatic rings. The molecule has 0 saturated carbocycles. The van der Waals surface area contributed by atoms with E-state index in [1.165, 1.54) is 16.6 Å². The van der Waals surface area contributed by atoms with E-state index in [-0.39, 0.29) is 10.6 Å². The van der Waals surface area contributed by atoms with Crippen molar-refractivity contribution in [2.75, 3.05) is 32.9 Å². The molecule has 1 N–H and O–H groups in total. The molecule has 1 aliphatic heterocycles. The van der Waals surface area contributed by atoms with Crippen molar-refractivity contribution in [2.45, 2.75) is 11.8 Å². The van der Waals surface area contributed by atoms with E-state index in [1.54, 1.807) is 43.3 Å². The first-order valence-electron chi connectivity index (χ1n) is 8.69. The van der Waals surface area contributed by atoms with Gasteiger partial charge in [-0.1, -0.05) is 12.1 Å². The lowest BCUT2D eigenvalue weighted by Gasteiger charge is -2.26. The Kier molecular flexibility index (Phi) is 6.10. The number of para-hydroxylation sites is 1. The normalized spacial score (nSPS) is 15.9. The Labute approximate surface area is 158 Å². The van der Waals surface area contributed by atoms with Crippen LogP contribution in [0.2, 0.25) is 0 Å². The maximum Gasteiger partial charge on any atom is 0.246 e. The summed E-state index contributed by atoms with van der Waals surface area (Å²) in [5, 5.41) is 9.83. The van der Waals surface area contributed by atoms with Crippen molar-refractivity contribution >= 4 is 21.9 Å².